The monoisotopic (exact) mass is 842 g/mol. The van der Waals surface area contributed by atoms with Crippen LogP contribution in [0.1, 0.15) is 50.9 Å². The van der Waals surface area contributed by atoms with Gasteiger partial charge in [-0.2, -0.15) is 0 Å². The number of carbonyl (C=O) groups excluding carboxylic acids is 2. The first-order valence-electron chi connectivity index (χ1n) is 17.9. The van der Waals surface area contributed by atoms with Crippen LogP contribution in [0.25, 0.3) is 32.0 Å². The normalized spacial score (nSPS) is 11.9. The molecule has 0 spiro atoms. The number of hydrogen-bond donors (Lipinski definition) is 0. The van der Waals surface area contributed by atoms with Gasteiger partial charge >= 0.3 is 11.9 Å². The van der Waals surface area contributed by atoms with Gasteiger partial charge in [0.15, 0.2) is 5.82 Å². The van der Waals surface area contributed by atoms with E-state index in [0.717, 1.165) is 21.6 Å². The lowest BCUT2D eigenvalue weighted by atomic mass is 10.0. The molecular weight excluding hydrogens is 803 g/mol. The molecule has 3 aromatic heterocycles. The number of halogens is 2. The maximum absolute atomic E-state index is 13.7. The number of nitrogens with zero attached hydrogens (tertiary/aromatic N) is 4. The van der Waals surface area contributed by atoms with Gasteiger partial charge in [0, 0.05) is 19.0 Å². The van der Waals surface area contributed by atoms with Gasteiger partial charge in [-0.3, -0.25) is 4.79 Å². The maximum Gasteiger partial charge on any atom is 0.347 e. The van der Waals surface area contributed by atoms with Crippen molar-refractivity contribution >= 4 is 49.4 Å². The van der Waals surface area contributed by atoms with Crippen LogP contribution in [0.2, 0.25) is 0 Å². The lowest BCUT2D eigenvalue weighted by molar-refractivity contribution is -0.154. The van der Waals surface area contributed by atoms with Crippen molar-refractivity contribution in [3.63, 3.8) is 0 Å². The van der Waals surface area contributed by atoms with E-state index in [-0.39, 0.29) is 43.7 Å². The summed E-state index contributed by atoms with van der Waals surface area (Å²) in [5.74, 6) is 0.487. The molecule has 3 aromatic carbocycles. The molecule has 0 saturated carbocycles. The second kappa shape index (κ2) is 18.0. The first-order chi connectivity index (χ1) is 26.9. The van der Waals surface area contributed by atoms with Gasteiger partial charge in [0.05, 0.1) is 39.7 Å². The zero-order valence-corrected chi connectivity index (χ0v) is 33.9. The summed E-state index contributed by atoms with van der Waals surface area (Å²) in [6, 6.07) is 20.9. The number of aryl methyl sites for hydroxylation is 1. The van der Waals surface area contributed by atoms with Crippen LogP contribution >= 0.6 is 27.3 Å². The zero-order valence-electron chi connectivity index (χ0n) is 31.5. The average Bonchev–Trinajstić information content (AvgIpc) is 3.52. The zero-order chi connectivity index (χ0) is 39.8. The molecule has 11 nitrogen and oxygen atoms in total. The molecule has 0 bridgehead atoms. The van der Waals surface area contributed by atoms with Crippen LogP contribution in [0.15, 0.2) is 89.8 Å². The highest BCUT2D eigenvalue weighted by molar-refractivity contribution is 9.10. The summed E-state index contributed by atoms with van der Waals surface area (Å²) in [6.45, 7) is 7.40. The third kappa shape index (κ3) is 10.0. The largest absolute Gasteiger partial charge is 0.496 e. The molecule has 0 amide bonds. The molecule has 0 radical (unpaired) electrons. The van der Waals surface area contributed by atoms with Crippen molar-refractivity contribution in [3.8, 4) is 39.2 Å². The Kier molecular flexibility index (Phi) is 12.9. The molecule has 6 rings (SSSR count). The minimum atomic E-state index is -1.16. The van der Waals surface area contributed by atoms with Gasteiger partial charge in [-0.15, -0.1) is 11.3 Å². The molecule has 6 aromatic rings. The number of thiophene rings is 1. The van der Waals surface area contributed by atoms with Crippen molar-refractivity contribution in [2.24, 2.45) is 0 Å². The highest BCUT2D eigenvalue weighted by atomic mass is 79.9. The van der Waals surface area contributed by atoms with Crippen molar-refractivity contribution in [1.82, 2.24) is 19.9 Å². The van der Waals surface area contributed by atoms with E-state index < -0.39 is 17.7 Å². The van der Waals surface area contributed by atoms with Crippen LogP contribution in [0.4, 0.5) is 4.39 Å². The molecule has 0 aliphatic rings. The second-order valence-electron chi connectivity index (χ2n) is 13.6. The molecule has 290 valence electrons. The number of ether oxygens (including phenoxy) is 5. The van der Waals surface area contributed by atoms with Gasteiger partial charge in [0.1, 0.15) is 40.7 Å². The summed E-state index contributed by atoms with van der Waals surface area (Å²) in [5, 5.41) is 0.559. The Balaban J connectivity index is 1.32. The van der Waals surface area contributed by atoms with Gasteiger partial charge in [0.2, 0.25) is 12.0 Å². The number of benzene rings is 3. The van der Waals surface area contributed by atoms with Crippen LogP contribution < -0.4 is 14.2 Å². The Morgan fingerprint density at radius 3 is 2.50 bits per heavy atom. The molecule has 0 aliphatic heterocycles. The van der Waals surface area contributed by atoms with Gasteiger partial charge < -0.3 is 23.7 Å². The van der Waals surface area contributed by atoms with E-state index in [0.29, 0.717) is 49.7 Å². The highest BCUT2D eigenvalue weighted by Gasteiger charge is 2.28. The Hall–Kier alpha value is -5.47. The van der Waals surface area contributed by atoms with Crippen molar-refractivity contribution in [3.05, 3.63) is 112 Å². The minimum Gasteiger partial charge on any atom is -0.496 e. The van der Waals surface area contributed by atoms with Crippen molar-refractivity contribution in [2.75, 3.05) is 13.7 Å². The quantitative estimate of drug-likeness (QED) is 0.0918. The van der Waals surface area contributed by atoms with Crippen LogP contribution in [0, 0.1) is 5.82 Å². The smallest absolute Gasteiger partial charge is 0.347 e. The van der Waals surface area contributed by atoms with Gasteiger partial charge in [-0.25, -0.2) is 29.1 Å². The van der Waals surface area contributed by atoms with Crippen LogP contribution in [-0.4, -0.2) is 57.3 Å². The molecule has 0 N–H and O–H groups in total. The van der Waals surface area contributed by atoms with E-state index in [9.17, 15) is 14.0 Å². The Bertz CT molecular complexity index is 2330. The van der Waals surface area contributed by atoms with Crippen LogP contribution in [0.3, 0.4) is 0 Å². The summed E-state index contributed by atoms with van der Waals surface area (Å²) < 4.78 is 43.7. The van der Waals surface area contributed by atoms with Crippen molar-refractivity contribution in [2.45, 2.75) is 65.3 Å². The number of esters is 2. The lowest BCUT2D eigenvalue weighted by Gasteiger charge is -2.21. The number of aromatic nitrogens is 4. The predicted octanol–water partition coefficient (Wildman–Crippen LogP) is 9.13. The first-order valence-corrected chi connectivity index (χ1v) is 19.5. The average molecular weight is 844 g/mol. The number of fused-ring (bicyclic) bond motifs is 1. The number of methoxy groups -OCH3 is 1. The summed E-state index contributed by atoms with van der Waals surface area (Å²) in [6.07, 6.45) is 2.44. The van der Waals surface area contributed by atoms with E-state index in [2.05, 4.69) is 30.9 Å². The number of para-hydroxylation sites is 1. The number of carbonyl (C=O) groups is 2. The van der Waals surface area contributed by atoms with Gasteiger partial charge in [0.25, 0.3) is 0 Å². The first kappa shape index (κ1) is 40.2. The van der Waals surface area contributed by atoms with Crippen molar-refractivity contribution < 1.29 is 37.7 Å². The second-order valence-corrected chi connectivity index (χ2v) is 15.4. The molecule has 1 atom stereocenters. The third-order valence-electron chi connectivity index (χ3n) is 8.31. The van der Waals surface area contributed by atoms with Gasteiger partial charge in [-0.05, 0) is 103 Å². The third-order valence-corrected chi connectivity index (χ3v) is 10.5. The topological polar surface area (TPSA) is 132 Å². The Morgan fingerprint density at radius 1 is 0.964 bits per heavy atom. The molecule has 0 saturated heterocycles. The lowest BCUT2D eigenvalue weighted by Crippen LogP contribution is -2.32. The predicted molar refractivity (Wildman–Crippen MR) is 214 cm³/mol. The number of rotatable bonds is 15. The summed E-state index contributed by atoms with van der Waals surface area (Å²) in [4.78, 5) is 45.7. The standard InChI is InChI=1S/C42H40BrFN4O7S/c1-6-52-41(50)33(54-39-35-36(43)37(56-40(35)47-24-46-39)26-13-15-28(44)16-14-26)22-27-21-25(12-18-34(49)55-42(2,3)4)11-17-31(27)53-23-29-19-20-45-38(48-29)30-9-7-8-10-32(30)51-5/h7-11,13-17,19-21,24,33H,6,12,18,22-23H2,1-5H3/t33-/m1/s1. The SMILES string of the molecule is CCOC(=O)[C@@H](Cc1cc(CCC(=O)OC(C)(C)C)ccc1OCc1ccnc(-c2ccccc2OC)n1)Oc1ncnc2sc(-c3ccc(F)cc3)c(Br)c12. The van der Waals surface area contributed by atoms with E-state index in [1.807, 2.05) is 57.2 Å². The molecule has 0 fully saturated rings. The number of hydrogen-bond acceptors (Lipinski definition) is 12. The fourth-order valence-electron chi connectivity index (χ4n) is 5.81. The fraction of sp³-hybridized carbons (Fsp3) is 0.286. The van der Waals surface area contributed by atoms with E-state index in [1.165, 1.54) is 29.8 Å². The Labute approximate surface area is 336 Å². The van der Waals surface area contributed by atoms with Crippen LogP contribution in [0.5, 0.6) is 17.4 Å². The fourth-order valence-corrected chi connectivity index (χ4v) is 7.80. The molecule has 14 heteroatoms. The molecular formula is C42H40BrFN4O7S. The van der Waals surface area contributed by atoms with Crippen LogP contribution in [-0.2, 0) is 38.5 Å². The minimum absolute atomic E-state index is 0.0305. The van der Waals surface area contributed by atoms with E-state index in [4.69, 9.17) is 28.7 Å². The summed E-state index contributed by atoms with van der Waals surface area (Å²) >= 11 is 5.06. The molecule has 0 unspecified atom stereocenters. The maximum atomic E-state index is 13.7. The molecule has 56 heavy (non-hydrogen) atoms. The van der Waals surface area contributed by atoms with E-state index >= 15 is 0 Å². The van der Waals surface area contributed by atoms with E-state index in [1.54, 1.807) is 44.5 Å². The molecule has 3 heterocycles. The summed E-state index contributed by atoms with van der Waals surface area (Å²) in [7, 11) is 1.59. The Morgan fingerprint density at radius 2 is 1.75 bits per heavy atom. The highest BCUT2D eigenvalue weighted by Crippen LogP contribution is 2.44. The van der Waals surface area contributed by atoms with Gasteiger partial charge in [-0.1, -0.05) is 36.4 Å². The summed E-state index contributed by atoms with van der Waals surface area (Å²) in [5.41, 5.74) is 2.97. The van der Waals surface area contributed by atoms with Crippen molar-refractivity contribution in [1.29, 1.82) is 0 Å². The molecule has 0 aliphatic carbocycles.